The molecule has 0 radical (unpaired) electrons. The molecule has 0 bridgehead atoms. The number of rotatable bonds is 8. The van der Waals surface area contributed by atoms with Crippen molar-refractivity contribution in [3.63, 3.8) is 0 Å². The first-order valence-electron chi connectivity index (χ1n) is 11.0. The van der Waals surface area contributed by atoms with E-state index < -0.39 is 30.2 Å². The molecule has 9 heteroatoms. The maximum absolute atomic E-state index is 12.3. The first-order chi connectivity index (χ1) is 16.0. The van der Waals surface area contributed by atoms with Crippen LogP contribution in [0.4, 0.5) is 16.2 Å². The van der Waals surface area contributed by atoms with Crippen LogP contribution in [0, 0.1) is 0 Å². The van der Waals surface area contributed by atoms with Gasteiger partial charge in [0.2, 0.25) is 0 Å². The van der Waals surface area contributed by atoms with E-state index in [2.05, 4.69) is 10.6 Å². The van der Waals surface area contributed by atoms with E-state index in [1.165, 1.54) is 12.1 Å². The van der Waals surface area contributed by atoms with Crippen LogP contribution >= 0.6 is 0 Å². The molecule has 3 amide bonds. The van der Waals surface area contributed by atoms with E-state index in [1.54, 1.807) is 62.1 Å². The summed E-state index contributed by atoms with van der Waals surface area (Å²) in [4.78, 5) is 50.4. The molecule has 9 nitrogen and oxygen atoms in total. The molecule has 34 heavy (non-hydrogen) atoms. The first-order valence-corrected chi connectivity index (χ1v) is 11.0. The van der Waals surface area contributed by atoms with Crippen LogP contribution in [0.2, 0.25) is 0 Å². The van der Waals surface area contributed by atoms with Gasteiger partial charge in [-0.3, -0.25) is 14.9 Å². The number of anilines is 2. The molecule has 0 spiro atoms. The summed E-state index contributed by atoms with van der Waals surface area (Å²) in [7, 11) is 0. The van der Waals surface area contributed by atoms with Crippen molar-refractivity contribution in [2.24, 2.45) is 0 Å². The standard InChI is InChI=1S/C25H31N3O6/c1-6-28(7-2)22(30)17-11-13-19(14-12-17)26-21(29)16-33-23(31)18-9-8-10-20(15-18)27-24(32)34-25(3,4)5/h8-15H,6-7,16H2,1-5H3,(H,26,29)(H,27,32). The van der Waals surface area contributed by atoms with Gasteiger partial charge < -0.3 is 19.7 Å². The molecule has 0 aliphatic rings. The fourth-order valence-electron chi connectivity index (χ4n) is 2.95. The molecule has 0 aromatic heterocycles. The summed E-state index contributed by atoms with van der Waals surface area (Å²) in [5.74, 6) is -1.33. The van der Waals surface area contributed by atoms with Crippen LogP contribution in [0.5, 0.6) is 0 Å². The number of hydrogen-bond donors (Lipinski definition) is 2. The molecule has 2 aromatic carbocycles. The lowest BCUT2D eigenvalue weighted by molar-refractivity contribution is -0.119. The fraction of sp³-hybridized carbons (Fsp3) is 0.360. The van der Waals surface area contributed by atoms with Gasteiger partial charge in [0, 0.05) is 30.0 Å². The summed E-state index contributed by atoms with van der Waals surface area (Å²) in [6, 6.07) is 12.6. The molecule has 2 aromatic rings. The molecule has 0 saturated carbocycles. The lowest BCUT2D eigenvalue weighted by atomic mass is 10.1. The smallest absolute Gasteiger partial charge is 0.412 e. The van der Waals surface area contributed by atoms with Crippen LogP contribution in [0.25, 0.3) is 0 Å². The Kier molecular flexibility index (Phi) is 9.18. The zero-order valence-electron chi connectivity index (χ0n) is 20.1. The van der Waals surface area contributed by atoms with Crippen LogP contribution in [-0.4, -0.2) is 54.1 Å². The third-order valence-corrected chi connectivity index (χ3v) is 4.54. The monoisotopic (exact) mass is 469 g/mol. The van der Waals surface area contributed by atoms with E-state index in [1.807, 2.05) is 13.8 Å². The maximum Gasteiger partial charge on any atom is 0.412 e. The number of esters is 1. The van der Waals surface area contributed by atoms with Crippen molar-refractivity contribution in [1.82, 2.24) is 4.90 Å². The van der Waals surface area contributed by atoms with Gasteiger partial charge in [0.25, 0.3) is 11.8 Å². The quantitative estimate of drug-likeness (QED) is 0.557. The Morgan fingerprint density at radius 1 is 0.853 bits per heavy atom. The zero-order chi connectivity index (χ0) is 25.3. The minimum absolute atomic E-state index is 0.0832. The van der Waals surface area contributed by atoms with Crippen LogP contribution in [-0.2, 0) is 14.3 Å². The molecule has 2 rings (SSSR count). The maximum atomic E-state index is 12.3. The highest BCUT2D eigenvalue weighted by molar-refractivity contribution is 5.98. The molecular weight excluding hydrogens is 438 g/mol. The molecule has 0 saturated heterocycles. The summed E-state index contributed by atoms with van der Waals surface area (Å²) in [6.45, 7) is 9.76. The van der Waals surface area contributed by atoms with E-state index in [0.29, 0.717) is 30.0 Å². The first kappa shape index (κ1) is 26.4. The molecule has 182 valence electrons. The fourth-order valence-corrected chi connectivity index (χ4v) is 2.95. The van der Waals surface area contributed by atoms with E-state index in [0.717, 1.165) is 0 Å². The average molecular weight is 470 g/mol. The number of nitrogens with one attached hydrogen (secondary N) is 2. The Labute approximate surface area is 199 Å². The van der Waals surface area contributed by atoms with Crippen molar-refractivity contribution in [3.8, 4) is 0 Å². The molecular formula is C25H31N3O6. The van der Waals surface area contributed by atoms with Gasteiger partial charge in [-0.25, -0.2) is 9.59 Å². The number of carbonyl (C=O) groups excluding carboxylic acids is 4. The second-order valence-corrected chi connectivity index (χ2v) is 8.39. The van der Waals surface area contributed by atoms with E-state index >= 15 is 0 Å². The third kappa shape index (κ3) is 8.23. The Bertz CT molecular complexity index is 1020. The lowest BCUT2D eigenvalue weighted by Crippen LogP contribution is -2.30. The number of nitrogens with zero attached hydrogens (tertiary/aromatic N) is 1. The number of hydrogen-bond acceptors (Lipinski definition) is 6. The molecule has 0 heterocycles. The molecule has 0 aliphatic carbocycles. The van der Waals surface area contributed by atoms with Gasteiger partial charge in [-0.05, 0) is 77.1 Å². The zero-order valence-corrected chi connectivity index (χ0v) is 20.1. The van der Waals surface area contributed by atoms with Gasteiger partial charge in [-0.1, -0.05) is 6.07 Å². The molecule has 0 fully saturated rings. The van der Waals surface area contributed by atoms with Gasteiger partial charge in [0.1, 0.15) is 5.60 Å². The highest BCUT2D eigenvalue weighted by atomic mass is 16.6. The molecule has 0 aliphatic heterocycles. The van der Waals surface area contributed by atoms with Crippen LogP contribution in [0.1, 0.15) is 55.3 Å². The van der Waals surface area contributed by atoms with Gasteiger partial charge in [0.15, 0.2) is 6.61 Å². The third-order valence-electron chi connectivity index (χ3n) is 4.54. The van der Waals surface area contributed by atoms with Crippen LogP contribution in [0.3, 0.4) is 0 Å². The van der Waals surface area contributed by atoms with Crippen molar-refractivity contribution in [1.29, 1.82) is 0 Å². The Morgan fingerprint density at radius 3 is 2.09 bits per heavy atom. The molecule has 0 unspecified atom stereocenters. The number of benzene rings is 2. The minimum Gasteiger partial charge on any atom is -0.452 e. The van der Waals surface area contributed by atoms with Gasteiger partial charge >= 0.3 is 12.1 Å². The summed E-state index contributed by atoms with van der Waals surface area (Å²) < 4.78 is 10.3. The summed E-state index contributed by atoms with van der Waals surface area (Å²) in [5, 5.41) is 5.16. The number of amides is 3. The van der Waals surface area contributed by atoms with E-state index in [-0.39, 0.29) is 11.5 Å². The second-order valence-electron chi connectivity index (χ2n) is 8.39. The summed E-state index contributed by atoms with van der Waals surface area (Å²) in [6.07, 6.45) is -0.651. The van der Waals surface area contributed by atoms with Crippen molar-refractivity contribution in [2.75, 3.05) is 30.3 Å². The number of carbonyl (C=O) groups is 4. The van der Waals surface area contributed by atoms with Crippen molar-refractivity contribution < 1.29 is 28.7 Å². The summed E-state index contributed by atoms with van der Waals surface area (Å²) in [5.41, 5.74) is 0.858. The van der Waals surface area contributed by atoms with E-state index in [4.69, 9.17) is 9.47 Å². The lowest BCUT2D eigenvalue weighted by Gasteiger charge is -2.19. The van der Waals surface area contributed by atoms with Gasteiger partial charge in [-0.2, -0.15) is 0 Å². The average Bonchev–Trinajstić information content (AvgIpc) is 2.77. The SMILES string of the molecule is CCN(CC)C(=O)c1ccc(NC(=O)COC(=O)c2cccc(NC(=O)OC(C)(C)C)c2)cc1. The Hall–Kier alpha value is -3.88. The van der Waals surface area contributed by atoms with Crippen LogP contribution < -0.4 is 10.6 Å². The second kappa shape index (κ2) is 11.8. The van der Waals surface area contributed by atoms with Crippen molar-refractivity contribution in [2.45, 2.75) is 40.2 Å². The number of ether oxygens (including phenoxy) is 2. The van der Waals surface area contributed by atoms with Crippen molar-refractivity contribution in [3.05, 3.63) is 59.7 Å². The van der Waals surface area contributed by atoms with Crippen molar-refractivity contribution >= 4 is 35.3 Å². The summed E-state index contributed by atoms with van der Waals surface area (Å²) >= 11 is 0. The Balaban J connectivity index is 1.89. The minimum atomic E-state index is -0.719. The normalized spacial score (nSPS) is 10.7. The van der Waals surface area contributed by atoms with Crippen LogP contribution in [0.15, 0.2) is 48.5 Å². The largest absolute Gasteiger partial charge is 0.452 e. The Morgan fingerprint density at radius 2 is 1.50 bits per heavy atom. The van der Waals surface area contributed by atoms with Gasteiger partial charge in [-0.15, -0.1) is 0 Å². The topological polar surface area (TPSA) is 114 Å². The van der Waals surface area contributed by atoms with E-state index in [9.17, 15) is 19.2 Å². The predicted molar refractivity (Wildman–Crippen MR) is 129 cm³/mol. The van der Waals surface area contributed by atoms with Gasteiger partial charge in [0.05, 0.1) is 5.56 Å². The molecule has 2 N–H and O–H groups in total. The highest BCUT2D eigenvalue weighted by Crippen LogP contribution is 2.15. The molecule has 0 atom stereocenters. The predicted octanol–water partition coefficient (Wildman–Crippen LogP) is 4.31. The highest BCUT2D eigenvalue weighted by Gasteiger charge is 2.17.